The van der Waals surface area contributed by atoms with Crippen molar-refractivity contribution in [1.29, 1.82) is 0 Å². The van der Waals surface area contributed by atoms with Gasteiger partial charge in [0, 0.05) is 18.7 Å². The van der Waals surface area contributed by atoms with Gasteiger partial charge in [-0.25, -0.2) is 4.79 Å². The molecule has 1 saturated carbocycles. The molecule has 4 nitrogen and oxygen atoms in total. The average Bonchev–Trinajstić information content (AvgIpc) is 3.16. The highest BCUT2D eigenvalue weighted by Gasteiger charge is 2.36. The molecule has 1 fully saturated rings. The fraction of sp³-hybridized carbons (Fsp3) is 0.762. The minimum absolute atomic E-state index is 0.191. The highest BCUT2D eigenvalue weighted by Crippen LogP contribution is 2.36. The predicted octanol–water partition coefficient (Wildman–Crippen LogP) is 4.26. The normalized spacial score (nSPS) is 28.0. The molecule has 1 heterocycles. The standard InChI is InChI=1S/C21H33NO3/c1-15-20(21(23)24-2)18(14-19(25-15)17-10-6-7-11-17)22-13-12-16-8-4-3-5-9-16/h8,15,17,19,22H,3-7,9-14H2,1-2H3/t15-,19-/m0/s1. The molecule has 1 N–H and O–H groups in total. The van der Waals surface area contributed by atoms with Crippen molar-refractivity contribution in [1.82, 2.24) is 5.32 Å². The molecule has 0 saturated heterocycles. The Morgan fingerprint density at radius 1 is 1.28 bits per heavy atom. The summed E-state index contributed by atoms with van der Waals surface area (Å²) in [5, 5.41) is 3.58. The van der Waals surface area contributed by atoms with Crippen molar-refractivity contribution in [2.24, 2.45) is 5.92 Å². The van der Waals surface area contributed by atoms with Gasteiger partial charge >= 0.3 is 5.97 Å². The van der Waals surface area contributed by atoms with E-state index in [4.69, 9.17) is 9.47 Å². The van der Waals surface area contributed by atoms with Crippen LogP contribution in [0.3, 0.4) is 0 Å². The largest absolute Gasteiger partial charge is 0.466 e. The summed E-state index contributed by atoms with van der Waals surface area (Å²) in [4.78, 5) is 12.3. The second kappa shape index (κ2) is 8.88. The number of hydrogen-bond donors (Lipinski definition) is 1. The van der Waals surface area contributed by atoms with Gasteiger partial charge in [0.05, 0.1) is 24.9 Å². The second-order valence-electron chi connectivity index (χ2n) is 7.73. The molecule has 0 aromatic carbocycles. The fourth-order valence-electron chi connectivity index (χ4n) is 4.61. The van der Waals surface area contributed by atoms with Crippen LogP contribution in [-0.2, 0) is 14.3 Å². The molecule has 2 atom stereocenters. The number of methoxy groups -OCH3 is 1. The zero-order chi connectivity index (χ0) is 17.6. The zero-order valence-corrected chi connectivity index (χ0v) is 15.8. The van der Waals surface area contributed by atoms with Gasteiger partial charge in [0.25, 0.3) is 0 Å². The van der Waals surface area contributed by atoms with Crippen molar-refractivity contribution >= 4 is 5.97 Å². The number of carbonyl (C=O) groups is 1. The summed E-state index contributed by atoms with van der Waals surface area (Å²) >= 11 is 0. The van der Waals surface area contributed by atoms with E-state index in [1.165, 1.54) is 58.5 Å². The Morgan fingerprint density at radius 2 is 2.08 bits per heavy atom. The summed E-state index contributed by atoms with van der Waals surface area (Å²) < 4.78 is 11.2. The van der Waals surface area contributed by atoms with E-state index in [0.29, 0.717) is 11.5 Å². The van der Waals surface area contributed by atoms with Gasteiger partial charge in [-0.3, -0.25) is 0 Å². The number of hydrogen-bond acceptors (Lipinski definition) is 4. The first-order valence-electron chi connectivity index (χ1n) is 10.1. The minimum atomic E-state index is -0.253. The SMILES string of the molecule is COC(=O)C1=C(NCCC2=CCCCC2)C[C@@H](C2CCCC2)O[C@H]1C. The molecule has 0 spiro atoms. The van der Waals surface area contributed by atoms with Crippen LogP contribution in [0.5, 0.6) is 0 Å². The third kappa shape index (κ3) is 4.66. The van der Waals surface area contributed by atoms with E-state index in [2.05, 4.69) is 11.4 Å². The number of ether oxygens (including phenoxy) is 2. The summed E-state index contributed by atoms with van der Waals surface area (Å²) in [6, 6.07) is 0. The van der Waals surface area contributed by atoms with Crippen LogP contribution in [0.4, 0.5) is 0 Å². The second-order valence-corrected chi connectivity index (χ2v) is 7.73. The van der Waals surface area contributed by atoms with Crippen molar-refractivity contribution in [2.75, 3.05) is 13.7 Å². The first kappa shape index (κ1) is 18.5. The Labute approximate surface area is 152 Å². The summed E-state index contributed by atoms with van der Waals surface area (Å²) in [5.41, 5.74) is 3.31. The van der Waals surface area contributed by atoms with Crippen molar-refractivity contribution in [3.8, 4) is 0 Å². The van der Waals surface area contributed by atoms with Crippen LogP contribution < -0.4 is 5.32 Å². The quantitative estimate of drug-likeness (QED) is 0.576. The molecule has 0 aromatic heterocycles. The molecule has 2 aliphatic carbocycles. The molecule has 0 bridgehead atoms. The lowest BCUT2D eigenvalue weighted by Gasteiger charge is -2.35. The Balaban J connectivity index is 1.67. The molecule has 0 radical (unpaired) electrons. The van der Waals surface area contributed by atoms with Gasteiger partial charge in [0.1, 0.15) is 0 Å². The highest BCUT2D eigenvalue weighted by molar-refractivity contribution is 5.90. The maximum atomic E-state index is 12.3. The van der Waals surface area contributed by atoms with Gasteiger partial charge in [-0.1, -0.05) is 24.5 Å². The van der Waals surface area contributed by atoms with Crippen LogP contribution >= 0.6 is 0 Å². The van der Waals surface area contributed by atoms with Gasteiger partial charge in [-0.15, -0.1) is 0 Å². The number of nitrogens with one attached hydrogen (secondary N) is 1. The Morgan fingerprint density at radius 3 is 2.76 bits per heavy atom. The number of carbonyl (C=O) groups excluding carboxylic acids is 1. The third-order valence-corrected chi connectivity index (χ3v) is 6.02. The molecule has 1 aliphatic heterocycles. The van der Waals surface area contributed by atoms with E-state index < -0.39 is 0 Å². The van der Waals surface area contributed by atoms with Crippen LogP contribution in [-0.4, -0.2) is 31.8 Å². The molecule has 25 heavy (non-hydrogen) atoms. The number of esters is 1. The molecule has 3 aliphatic rings. The van der Waals surface area contributed by atoms with Crippen molar-refractivity contribution in [2.45, 2.75) is 83.3 Å². The third-order valence-electron chi connectivity index (χ3n) is 6.02. The van der Waals surface area contributed by atoms with Crippen molar-refractivity contribution in [3.05, 3.63) is 22.9 Å². The maximum absolute atomic E-state index is 12.3. The van der Waals surface area contributed by atoms with Gasteiger partial charge in [0.15, 0.2) is 0 Å². The topological polar surface area (TPSA) is 47.6 Å². The van der Waals surface area contributed by atoms with E-state index >= 15 is 0 Å². The Kier molecular flexibility index (Phi) is 6.57. The Bertz CT molecular complexity index is 531. The van der Waals surface area contributed by atoms with Crippen LogP contribution in [0.15, 0.2) is 22.9 Å². The number of allylic oxidation sites excluding steroid dienone is 1. The summed E-state index contributed by atoms with van der Waals surface area (Å²) in [6.07, 6.45) is 14.6. The predicted molar refractivity (Wildman–Crippen MR) is 99.1 cm³/mol. The lowest BCUT2D eigenvalue weighted by molar-refractivity contribution is -0.139. The lowest BCUT2D eigenvalue weighted by Crippen LogP contribution is -2.39. The lowest BCUT2D eigenvalue weighted by atomic mass is 9.91. The molecular formula is C21H33NO3. The first-order chi connectivity index (χ1) is 12.2. The van der Waals surface area contributed by atoms with Gasteiger partial charge < -0.3 is 14.8 Å². The summed E-state index contributed by atoms with van der Waals surface area (Å²) in [6.45, 7) is 2.88. The molecule has 140 valence electrons. The zero-order valence-electron chi connectivity index (χ0n) is 15.8. The van der Waals surface area contributed by atoms with Gasteiger partial charge in [-0.2, -0.15) is 0 Å². The molecule has 0 aromatic rings. The number of rotatable bonds is 6. The van der Waals surface area contributed by atoms with Crippen LogP contribution in [0.25, 0.3) is 0 Å². The summed E-state index contributed by atoms with van der Waals surface area (Å²) in [5.74, 6) is 0.385. The molecule has 4 heteroatoms. The van der Waals surface area contributed by atoms with E-state index in [1.807, 2.05) is 6.92 Å². The van der Waals surface area contributed by atoms with E-state index in [9.17, 15) is 4.79 Å². The molecule has 0 amide bonds. The van der Waals surface area contributed by atoms with Gasteiger partial charge in [0.2, 0.25) is 0 Å². The van der Waals surface area contributed by atoms with E-state index in [1.54, 1.807) is 5.57 Å². The molecule has 0 unspecified atom stereocenters. The van der Waals surface area contributed by atoms with Crippen LogP contribution in [0.1, 0.15) is 71.1 Å². The smallest absolute Gasteiger partial charge is 0.338 e. The Hall–Kier alpha value is -1.29. The minimum Gasteiger partial charge on any atom is -0.466 e. The first-order valence-corrected chi connectivity index (χ1v) is 10.1. The van der Waals surface area contributed by atoms with Crippen molar-refractivity contribution in [3.63, 3.8) is 0 Å². The molecule has 3 rings (SSSR count). The summed E-state index contributed by atoms with van der Waals surface area (Å²) in [7, 11) is 1.45. The maximum Gasteiger partial charge on any atom is 0.338 e. The fourth-order valence-corrected chi connectivity index (χ4v) is 4.61. The monoisotopic (exact) mass is 347 g/mol. The molecular weight excluding hydrogens is 314 g/mol. The van der Waals surface area contributed by atoms with Crippen molar-refractivity contribution < 1.29 is 14.3 Å². The van der Waals surface area contributed by atoms with Crippen LogP contribution in [0.2, 0.25) is 0 Å². The van der Waals surface area contributed by atoms with Crippen LogP contribution in [0, 0.1) is 5.92 Å². The highest BCUT2D eigenvalue weighted by atomic mass is 16.5. The van der Waals surface area contributed by atoms with E-state index in [0.717, 1.165) is 25.1 Å². The average molecular weight is 347 g/mol. The van der Waals surface area contributed by atoms with Gasteiger partial charge in [-0.05, 0) is 57.8 Å². The van der Waals surface area contributed by atoms with E-state index in [-0.39, 0.29) is 18.2 Å².